The Morgan fingerprint density at radius 2 is 1.86 bits per heavy atom. The van der Waals surface area contributed by atoms with Gasteiger partial charge in [-0.25, -0.2) is 4.98 Å². The van der Waals surface area contributed by atoms with Crippen molar-refractivity contribution < 1.29 is 0 Å². The maximum Gasteiger partial charge on any atom is 0.191 e. The molecule has 0 saturated carbocycles. The van der Waals surface area contributed by atoms with Crippen LogP contribution in [0, 0.1) is 13.8 Å². The lowest BCUT2D eigenvalue weighted by Gasteiger charge is -2.28. The second-order valence-electron chi connectivity index (χ2n) is 6.62. The molecule has 0 spiro atoms. The summed E-state index contributed by atoms with van der Waals surface area (Å²) >= 11 is 3.82. The first kappa shape index (κ1) is 23.3. The second-order valence-corrected chi connectivity index (χ2v) is 9.13. The van der Waals surface area contributed by atoms with Crippen LogP contribution in [0.2, 0.25) is 0 Å². The Balaban J connectivity index is 0.00000280. The average Bonchev–Trinajstić information content (AvgIpc) is 3.03. The summed E-state index contributed by atoms with van der Waals surface area (Å²) in [6.45, 7) is 8.09. The topological polar surface area (TPSA) is 52.6 Å². The number of rotatable bonds is 6. The van der Waals surface area contributed by atoms with Crippen LogP contribution in [0.4, 0.5) is 5.69 Å². The molecule has 154 valence electrons. The summed E-state index contributed by atoms with van der Waals surface area (Å²) in [5, 5.41) is 7.95. The number of aromatic nitrogens is 1. The van der Waals surface area contributed by atoms with Gasteiger partial charge in [-0.15, -0.1) is 35.3 Å². The quantitative estimate of drug-likeness (QED) is 0.337. The summed E-state index contributed by atoms with van der Waals surface area (Å²) in [7, 11) is 1.81. The van der Waals surface area contributed by atoms with Crippen molar-refractivity contribution in [2.24, 2.45) is 4.99 Å². The summed E-state index contributed by atoms with van der Waals surface area (Å²) in [5.74, 6) is 3.29. The fourth-order valence-corrected chi connectivity index (χ4v) is 4.82. The van der Waals surface area contributed by atoms with Gasteiger partial charge in [0.1, 0.15) is 0 Å². The molecule has 8 heteroatoms. The molecule has 1 fully saturated rings. The number of hydrogen-bond donors (Lipinski definition) is 2. The molecule has 0 amide bonds. The molecule has 0 atom stereocenters. The smallest absolute Gasteiger partial charge is 0.191 e. The number of aliphatic imine (C=N–C) groups is 1. The zero-order chi connectivity index (χ0) is 19.1. The summed E-state index contributed by atoms with van der Waals surface area (Å²) in [6.07, 6.45) is 0.920. The molecule has 5 nitrogen and oxygen atoms in total. The van der Waals surface area contributed by atoms with E-state index in [0.717, 1.165) is 44.3 Å². The fraction of sp³-hybridized carbons (Fsp3) is 0.500. The van der Waals surface area contributed by atoms with Crippen molar-refractivity contribution in [1.29, 1.82) is 0 Å². The lowest BCUT2D eigenvalue weighted by Crippen LogP contribution is -2.37. The van der Waals surface area contributed by atoms with Crippen LogP contribution in [0.25, 0.3) is 0 Å². The maximum absolute atomic E-state index is 4.59. The lowest BCUT2D eigenvalue weighted by atomic mass is 10.2. The van der Waals surface area contributed by atoms with Crippen molar-refractivity contribution in [1.82, 2.24) is 15.6 Å². The second kappa shape index (κ2) is 11.9. The molecule has 1 aromatic carbocycles. The van der Waals surface area contributed by atoms with E-state index in [1.165, 1.54) is 32.6 Å². The van der Waals surface area contributed by atoms with Gasteiger partial charge in [0.05, 0.1) is 10.7 Å². The summed E-state index contributed by atoms with van der Waals surface area (Å²) in [6, 6.07) is 8.88. The molecule has 3 rings (SSSR count). The van der Waals surface area contributed by atoms with E-state index in [2.05, 4.69) is 63.6 Å². The van der Waals surface area contributed by atoms with Crippen LogP contribution in [0.3, 0.4) is 0 Å². The summed E-state index contributed by atoms with van der Waals surface area (Å²) in [4.78, 5) is 12.7. The first-order chi connectivity index (χ1) is 13.2. The van der Waals surface area contributed by atoms with Crippen LogP contribution in [0.1, 0.15) is 21.1 Å². The molecule has 2 heterocycles. The molecular weight excluding hydrogens is 501 g/mol. The number of anilines is 1. The molecule has 1 aliphatic heterocycles. The molecule has 0 aliphatic carbocycles. The van der Waals surface area contributed by atoms with E-state index in [9.17, 15) is 0 Å². The number of nitrogens with one attached hydrogen (secondary N) is 2. The van der Waals surface area contributed by atoms with E-state index < -0.39 is 0 Å². The molecule has 1 aromatic heterocycles. The minimum Gasteiger partial charge on any atom is -0.370 e. The highest BCUT2D eigenvalue weighted by Crippen LogP contribution is 2.20. The number of benzene rings is 1. The Bertz CT molecular complexity index is 735. The molecule has 0 radical (unpaired) electrons. The Morgan fingerprint density at radius 1 is 1.14 bits per heavy atom. The third-order valence-electron chi connectivity index (χ3n) is 4.70. The van der Waals surface area contributed by atoms with E-state index in [-0.39, 0.29) is 24.0 Å². The highest BCUT2D eigenvalue weighted by Gasteiger charge is 2.10. The van der Waals surface area contributed by atoms with Crippen molar-refractivity contribution in [2.75, 3.05) is 43.1 Å². The number of nitrogens with zero attached hydrogens (tertiary/aromatic N) is 3. The van der Waals surface area contributed by atoms with Gasteiger partial charge in [-0.2, -0.15) is 11.8 Å². The van der Waals surface area contributed by atoms with E-state index in [1.54, 1.807) is 11.3 Å². The number of halogens is 1. The predicted octanol–water partition coefficient (Wildman–Crippen LogP) is 3.84. The third kappa shape index (κ3) is 6.81. The standard InChI is InChI=1S/C20H29N5S2.HI/c1-15-16(2)27-19(24-15)8-9-22-20(21-3)23-14-17-4-6-18(7-5-17)25-10-12-26-13-11-25;/h4-7H,8-14H2,1-3H3,(H2,21,22,23);1H. The number of guanidine groups is 1. The minimum absolute atomic E-state index is 0. The number of aryl methyl sites for hydroxylation is 2. The average molecular weight is 532 g/mol. The van der Waals surface area contributed by atoms with Crippen LogP contribution in [0.15, 0.2) is 29.3 Å². The third-order valence-corrected chi connectivity index (χ3v) is 6.78. The van der Waals surface area contributed by atoms with Crippen molar-refractivity contribution >= 4 is 58.7 Å². The van der Waals surface area contributed by atoms with Gasteiger partial charge in [0.25, 0.3) is 0 Å². The fourth-order valence-electron chi connectivity index (χ4n) is 2.99. The Kier molecular flexibility index (Phi) is 9.87. The van der Waals surface area contributed by atoms with Gasteiger partial charge in [0.2, 0.25) is 0 Å². The van der Waals surface area contributed by atoms with E-state index in [1.807, 2.05) is 18.8 Å². The normalized spacial score (nSPS) is 14.5. The van der Waals surface area contributed by atoms with Crippen LogP contribution < -0.4 is 15.5 Å². The molecule has 0 unspecified atom stereocenters. The largest absolute Gasteiger partial charge is 0.370 e. The van der Waals surface area contributed by atoms with Crippen LogP contribution in [-0.4, -0.2) is 49.1 Å². The molecule has 1 aliphatic rings. The minimum atomic E-state index is 0. The first-order valence-corrected chi connectivity index (χ1v) is 11.4. The van der Waals surface area contributed by atoms with Gasteiger partial charge >= 0.3 is 0 Å². The zero-order valence-corrected chi connectivity index (χ0v) is 20.8. The molecule has 28 heavy (non-hydrogen) atoms. The van der Waals surface area contributed by atoms with Crippen LogP contribution in [0.5, 0.6) is 0 Å². The molecule has 1 saturated heterocycles. The predicted molar refractivity (Wildman–Crippen MR) is 135 cm³/mol. The van der Waals surface area contributed by atoms with Crippen molar-refractivity contribution in [3.8, 4) is 0 Å². The first-order valence-electron chi connectivity index (χ1n) is 9.45. The molecular formula is C20H30IN5S2. The highest BCUT2D eigenvalue weighted by atomic mass is 127. The van der Waals surface area contributed by atoms with Gasteiger partial charge in [-0.05, 0) is 31.5 Å². The van der Waals surface area contributed by atoms with Gasteiger partial charge in [0, 0.05) is 61.7 Å². The van der Waals surface area contributed by atoms with Gasteiger partial charge in [-0.1, -0.05) is 12.1 Å². The van der Waals surface area contributed by atoms with Gasteiger partial charge in [0.15, 0.2) is 5.96 Å². The van der Waals surface area contributed by atoms with Crippen molar-refractivity contribution in [3.05, 3.63) is 45.4 Å². The molecule has 2 N–H and O–H groups in total. The van der Waals surface area contributed by atoms with Crippen LogP contribution >= 0.6 is 47.1 Å². The van der Waals surface area contributed by atoms with Gasteiger partial charge < -0.3 is 15.5 Å². The Hall–Kier alpha value is -1.000. The maximum atomic E-state index is 4.59. The van der Waals surface area contributed by atoms with Crippen molar-refractivity contribution in [2.45, 2.75) is 26.8 Å². The monoisotopic (exact) mass is 531 g/mol. The Labute approximate surface area is 193 Å². The lowest BCUT2D eigenvalue weighted by molar-refractivity contribution is 0.790. The number of hydrogen-bond acceptors (Lipinski definition) is 5. The van der Waals surface area contributed by atoms with E-state index >= 15 is 0 Å². The summed E-state index contributed by atoms with van der Waals surface area (Å²) in [5.41, 5.74) is 3.74. The van der Waals surface area contributed by atoms with Crippen molar-refractivity contribution in [3.63, 3.8) is 0 Å². The van der Waals surface area contributed by atoms with E-state index in [4.69, 9.17) is 0 Å². The summed E-state index contributed by atoms with van der Waals surface area (Å²) < 4.78 is 0. The van der Waals surface area contributed by atoms with Gasteiger partial charge in [-0.3, -0.25) is 4.99 Å². The SMILES string of the molecule is CN=C(NCCc1nc(C)c(C)s1)NCc1ccc(N2CCSCC2)cc1.I. The molecule has 2 aromatic rings. The zero-order valence-electron chi connectivity index (χ0n) is 16.8. The molecule has 0 bridgehead atoms. The van der Waals surface area contributed by atoms with E-state index in [0.29, 0.717) is 0 Å². The van der Waals surface area contributed by atoms with Crippen LogP contribution in [-0.2, 0) is 13.0 Å². The number of thiazole rings is 1. The highest BCUT2D eigenvalue weighted by molar-refractivity contribution is 14.0. The Morgan fingerprint density at radius 3 is 2.46 bits per heavy atom. The number of thioether (sulfide) groups is 1.